The highest BCUT2D eigenvalue weighted by Gasteiger charge is 2.27. The molecule has 0 saturated carbocycles. The van der Waals surface area contributed by atoms with Gasteiger partial charge in [-0.1, -0.05) is 36.4 Å². The summed E-state index contributed by atoms with van der Waals surface area (Å²) in [4.78, 5) is 18.6. The van der Waals surface area contributed by atoms with Crippen molar-refractivity contribution in [3.8, 4) is 0 Å². The number of alkyl halides is 1. The summed E-state index contributed by atoms with van der Waals surface area (Å²) in [6.07, 6.45) is 2.59. The molecule has 0 bridgehead atoms. The van der Waals surface area contributed by atoms with Crippen LogP contribution < -0.4 is 0 Å². The third-order valence-electron chi connectivity index (χ3n) is 3.58. The van der Waals surface area contributed by atoms with Crippen molar-refractivity contribution in [3.63, 3.8) is 0 Å². The summed E-state index contributed by atoms with van der Waals surface area (Å²) in [5.74, 6) is -0.0348. The van der Waals surface area contributed by atoms with Crippen LogP contribution in [0.2, 0.25) is 0 Å². The highest BCUT2D eigenvalue weighted by molar-refractivity contribution is 6.30. The number of halogens is 1. The van der Waals surface area contributed by atoms with E-state index < -0.39 is 5.38 Å². The Balaban J connectivity index is 1.76. The lowest BCUT2D eigenvalue weighted by atomic mass is 10.0. The number of amides is 1. The number of pyridine rings is 1. The van der Waals surface area contributed by atoms with Gasteiger partial charge in [0.15, 0.2) is 0 Å². The first-order chi connectivity index (χ1) is 9.75. The smallest absolute Gasteiger partial charge is 0.245 e. The van der Waals surface area contributed by atoms with Gasteiger partial charge in [-0.3, -0.25) is 9.78 Å². The van der Waals surface area contributed by atoms with Crippen molar-refractivity contribution in [1.82, 2.24) is 9.88 Å². The molecule has 0 saturated heterocycles. The minimum absolute atomic E-state index is 0.0348. The largest absolute Gasteiger partial charge is 0.336 e. The molecular weight excluding hydrogens is 272 g/mol. The van der Waals surface area contributed by atoms with Crippen LogP contribution in [0.5, 0.6) is 0 Å². The van der Waals surface area contributed by atoms with Crippen LogP contribution in [0.25, 0.3) is 0 Å². The Hall–Kier alpha value is -1.87. The molecule has 2 aromatic rings. The van der Waals surface area contributed by atoms with E-state index in [2.05, 4.69) is 4.98 Å². The normalized spacial score (nSPS) is 15.6. The minimum Gasteiger partial charge on any atom is -0.336 e. The summed E-state index contributed by atoms with van der Waals surface area (Å²) >= 11 is 6.31. The van der Waals surface area contributed by atoms with E-state index in [1.165, 1.54) is 0 Å². The second-order valence-electron chi connectivity index (χ2n) is 4.89. The standard InChI is InChI=1S/C16H15ClN2O/c17-15(12-5-2-1-3-6-12)16(20)19-10-8-14-13(11-19)7-4-9-18-14/h1-7,9,15H,8,10-11H2. The Labute approximate surface area is 123 Å². The molecule has 0 fully saturated rings. The molecule has 1 aliphatic heterocycles. The van der Waals surface area contributed by atoms with Crippen molar-refractivity contribution in [3.05, 3.63) is 65.5 Å². The lowest BCUT2D eigenvalue weighted by molar-refractivity contribution is -0.131. The third-order valence-corrected chi connectivity index (χ3v) is 4.02. The van der Waals surface area contributed by atoms with Gasteiger partial charge in [0, 0.05) is 31.4 Å². The van der Waals surface area contributed by atoms with Crippen LogP contribution in [0.1, 0.15) is 22.2 Å². The van der Waals surface area contributed by atoms with E-state index in [4.69, 9.17) is 11.6 Å². The van der Waals surface area contributed by atoms with Crippen molar-refractivity contribution in [1.29, 1.82) is 0 Å². The average Bonchev–Trinajstić information content (AvgIpc) is 2.54. The number of aromatic nitrogens is 1. The number of rotatable bonds is 2. The molecule has 1 aromatic carbocycles. The molecule has 3 nitrogen and oxygen atoms in total. The number of hydrogen-bond donors (Lipinski definition) is 0. The summed E-state index contributed by atoms with van der Waals surface area (Å²) in [6, 6.07) is 13.4. The zero-order valence-electron chi connectivity index (χ0n) is 11.0. The number of carbonyl (C=O) groups excluding carboxylic acids is 1. The van der Waals surface area contributed by atoms with Crippen LogP contribution >= 0.6 is 11.6 Å². The third kappa shape index (κ3) is 2.54. The fourth-order valence-electron chi connectivity index (χ4n) is 2.48. The van der Waals surface area contributed by atoms with E-state index in [0.717, 1.165) is 23.2 Å². The van der Waals surface area contributed by atoms with Gasteiger partial charge in [0.05, 0.1) is 0 Å². The van der Waals surface area contributed by atoms with Gasteiger partial charge in [0.25, 0.3) is 0 Å². The first-order valence-electron chi connectivity index (χ1n) is 6.66. The van der Waals surface area contributed by atoms with Crippen LogP contribution in [0, 0.1) is 0 Å². The molecule has 0 radical (unpaired) electrons. The fraction of sp³-hybridized carbons (Fsp3) is 0.250. The Morgan fingerprint density at radius 2 is 2.00 bits per heavy atom. The van der Waals surface area contributed by atoms with Gasteiger partial charge in [-0.05, 0) is 17.2 Å². The van der Waals surface area contributed by atoms with Crippen LogP contribution in [-0.4, -0.2) is 22.3 Å². The average molecular weight is 287 g/mol. The highest BCUT2D eigenvalue weighted by Crippen LogP contribution is 2.26. The van der Waals surface area contributed by atoms with E-state index in [-0.39, 0.29) is 5.91 Å². The van der Waals surface area contributed by atoms with Gasteiger partial charge in [-0.25, -0.2) is 0 Å². The van der Waals surface area contributed by atoms with Gasteiger partial charge < -0.3 is 4.90 Å². The van der Waals surface area contributed by atoms with Crippen LogP contribution in [0.15, 0.2) is 48.7 Å². The molecular formula is C16H15ClN2O. The second-order valence-corrected chi connectivity index (χ2v) is 5.33. The number of hydrogen-bond acceptors (Lipinski definition) is 2. The number of nitrogens with zero attached hydrogens (tertiary/aromatic N) is 2. The minimum atomic E-state index is -0.616. The maximum atomic E-state index is 12.5. The molecule has 1 aromatic heterocycles. The SMILES string of the molecule is O=C(C(Cl)c1ccccc1)N1CCc2ncccc2C1. The lowest BCUT2D eigenvalue weighted by Crippen LogP contribution is -2.38. The number of fused-ring (bicyclic) bond motifs is 1. The zero-order valence-corrected chi connectivity index (χ0v) is 11.8. The Morgan fingerprint density at radius 3 is 2.80 bits per heavy atom. The molecule has 102 valence electrons. The van der Waals surface area contributed by atoms with Gasteiger partial charge in [0.2, 0.25) is 5.91 Å². The number of carbonyl (C=O) groups is 1. The summed E-state index contributed by atoms with van der Waals surface area (Å²) < 4.78 is 0. The summed E-state index contributed by atoms with van der Waals surface area (Å²) in [5.41, 5.74) is 3.04. The Morgan fingerprint density at radius 1 is 1.20 bits per heavy atom. The van der Waals surface area contributed by atoms with Crippen molar-refractivity contribution < 1.29 is 4.79 Å². The van der Waals surface area contributed by atoms with Crippen LogP contribution in [0.3, 0.4) is 0 Å². The molecule has 1 unspecified atom stereocenters. The molecule has 1 aliphatic rings. The number of benzene rings is 1. The molecule has 0 N–H and O–H groups in total. The Kier molecular flexibility index (Phi) is 3.70. The van der Waals surface area contributed by atoms with E-state index in [9.17, 15) is 4.79 Å². The molecule has 1 atom stereocenters. The summed E-state index contributed by atoms with van der Waals surface area (Å²) in [5, 5.41) is -0.616. The molecule has 0 aliphatic carbocycles. The molecule has 4 heteroatoms. The second kappa shape index (κ2) is 5.63. The van der Waals surface area contributed by atoms with Crippen molar-refractivity contribution >= 4 is 17.5 Å². The van der Waals surface area contributed by atoms with Crippen LogP contribution in [0.4, 0.5) is 0 Å². The Bertz CT molecular complexity index is 615. The van der Waals surface area contributed by atoms with Gasteiger partial charge in [-0.2, -0.15) is 0 Å². The van der Waals surface area contributed by atoms with Crippen molar-refractivity contribution in [2.45, 2.75) is 18.3 Å². The van der Waals surface area contributed by atoms with Gasteiger partial charge in [0.1, 0.15) is 5.38 Å². The van der Waals surface area contributed by atoms with E-state index in [1.807, 2.05) is 47.4 Å². The quantitative estimate of drug-likeness (QED) is 0.795. The first-order valence-corrected chi connectivity index (χ1v) is 7.10. The summed E-state index contributed by atoms with van der Waals surface area (Å²) in [6.45, 7) is 1.27. The van der Waals surface area contributed by atoms with Crippen LogP contribution in [-0.2, 0) is 17.8 Å². The monoisotopic (exact) mass is 286 g/mol. The highest BCUT2D eigenvalue weighted by atomic mass is 35.5. The molecule has 1 amide bonds. The predicted octanol–water partition coefficient (Wildman–Crippen LogP) is 2.95. The summed E-state index contributed by atoms with van der Waals surface area (Å²) in [7, 11) is 0. The van der Waals surface area contributed by atoms with Crippen molar-refractivity contribution in [2.24, 2.45) is 0 Å². The lowest BCUT2D eigenvalue weighted by Gasteiger charge is -2.29. The zero-order chi connectivity index (χ0) is 13.9. The molecule has 2 heterocycles. The maximum Gasteiger partial charge on any atom is 0.245 e. The first kappa shape index (κ1) is 13.1. The van der Waals surface area contributed by atoms with E-state index >= 15 is 0 Å². The topological polar surface area (TPSA) is 33.2 Å². The maximum absolute atomic E-state index is 12.5. The van der Waals surface area contributed by atoms with Gasteiger partial charge in [-0.15, -0.1) is 11.6 Å². The molecule has 3 rings (SSSR count). The predicted molar refractivity (Wildman–Crippen MR) is 78.4 cm³/mol. The fourth-order valence-corrected chi connectivity index (χ4v) is 2.76. The molecule has 0 spiro atoms. The van der Waals surface area contributed by atoms with Gasteiger partial charge >= 0.3 is 0 Å². The van der Waals surface area contributed by atoms with E-state index in [0.29, 0.717) is 13.1 Å². The van der Waals surface area contributed by atoms with E-state index in [1.54, 1.807) is 6.20 Å². The van der Waals surface area contributed by atoms with Crippen molar-refractivity contribution in [2.75, 3.05) is 6.54 Å². The molecule has 20 heavy (non-hydrogen) atoms.